The monoisotopic (exact) mass is 616 g/mol. The summed E-state index contributed by atoms with van der Waals surface area (Å²) >= 11 is 7.55. The number of benzene rings is 2. The summed E-state index contributed by atoms with van der Waals surface area (Å²) in [5.74, 6) is -0.810. The molecule has 42 heavy (non-hydrogen) atoms. The summed E-state index contributed by atoms with van der Waals surface area (Å²) in [6.45, 7) is 5.48. The lowest BCUT2D eigenvalue weighted by molar-refractivity contribution is -0.143. The zero-order chi connectivity index (χ0) is 30.6. The molecule has 1 aliphatic heterocycles. The van der Waals surface area contributed by atoms with Crippen LogP contribution in [0.5, 0.6) is 11.5 Å². The summed E-state index contributed by atoms with van der Waals surface area (Å²) in [5.41, 5.74) is 1.28. The van der Waals surface area contributed by atoms with Crippen LogP contribution in [0.15, 0.2) is 42.6 Å². The molecule has 0 fully saturated rings. The second-order valence-corrected chi connectivity index (χ2v) is 12.2. The molecule has 12 heteroatoms. The number of hydrogen-bond donors (Lipinski definition) is 1. The Kier molecular flexibility index (Phi) is 9.75. The smallest absolute Gasteiger partial charge is 0.347 e. The highest BCUT2D eigenvalue weighted by molar-refractivity contribution is 7.13. The van der Waals surface area contributed by atoms with Gasteiger partial charge in [-0.15, -0.1) is 11.3 Å². The van der Waals surface area contributed by atoms with Gasteiger partial charge in [-0.1, -0.05) is 37.6 Å². The molecular formula is C30H33ClN2O8S. The van der Waals surface area contributed by atoms with E-state index < -0.39 is 29.6 Å². The first-order chi connectivity index (χ1) is 19.9. The van der Waals surface area contributed by atoms with Crippen molar-refractivity contribution in [1.82, 2.24) is 4.98 Å². The number of esters is 1. The second-order valence-electron chi connectivity index (χ2n) is 10.6. The molecule has 3 aromatic rings. The van der Waals surface area contributed by atoms with E-state index in [-0.39, 0.29) is 30.4 Å². The fourth-order valence-corrected chi connectivity index (χ4v) is 5.79. The minimum absolute atomic E-state index is 0.102. The van der Waals surface area contributed by atoms with E-state index in [1.807, 2.05) is 26.0 Å². The Balaban J connectivity index is 1.81. The van der Waals surface area contributed by atoms with Crippen LogP contribution in [0.3, 0.4) is 0 Å². The van der Waals surface area contributed by atoms with Crippen LogP contribution in [0.2, 0.25) is 5.02 Å². The summed E-state index contributed by atoms with van der Waals surface area (Å²) in [5, 5.41) is 10.3. The number of amides is 1. The number of rotatable bonds is 11. The molecule has 4 rings (SSSR count). The van der Waals surface area contributed by atoms with Crippen molar-refractivity contribution in [2.45, 2.75) is 45.8 Å². The number of halogens is 1. The number of carboxylic acids is 1. The van der Waals surface area contributed by atoms with Crippen molar-refractivity contribution >= 4 is 46.5 Å². The number of methoxy groups -OCH3 is 2. The SMILES string of the molecule is COc1cccc(C2OC(CCc3ncc(C(=O)O)s3)C(=O)N(CC(C)(C)COC(C)=O)c3ccc(Cl)cc32)c1OC. The number of thiazole rings is 1. The summed E-state index contributed by atoms with van der Waals surface area (Å²) in [6, 6.07) is 10.7. The summed E-state index contributed by atoms with van der Waals surface area (Å²) in [6.07, 6.45) is 0.141. The van der Waals surface area contributed by atoms with Gasteiger partial charge in [-0.25, -0.2) is 9.78 Å². The van der Waals surface area contributed by atoms with Gasteiger partial charge in [-0.2, -0.15) is 0 Å². The van der Waals surface area contributed by atoms with Gasteiger partial charge in [0.15, 0.2) is 11.5 Å². The summed E-state index contributed by atoms with van der Waals surface area (Å²) in [4.78, 5) is 43.2. The molecule has 2 aromatic carbocycles. The van der Waals surface area contributed by atoms with Crippen LogP contribution < -0.4 is 14.4 Å². The van der Waals surface area contributed by atoms with E-state index in [1.165, 1.54) is 20.2 Å². The van der Waals surface area contributed by atoms with Crippen molar-refractivity contribution < 1.29 is 38.4 Å². The van der Waals surface area contributed by atoms with Gasteiger partial charge in [0, 0.05) is 47.1 Å². The fourth-order valence-electron chi connectivity index (χ4n) is 4.83. The van der Waals surface area contributed by atoms with Gasteiger partial charge in [-0.3, -0.25) is 9.59 Å². The molecule has 2 heterocycles. The minimum Gasteiger partial charge on any atom is -0.493 e. The maximum absolute atomic E-state index is 14.3. The maximum atomic E-state index is 14.3. The zero-order valence-electron chi connectivity index (χ0n) is 24.0. The molecule has 224 valence electrons. The van der Waals surface area contributed by atoms with E-state index >= 15 is 0 Å². The molecule has 0 saturated carbocycles. The molecule has 0 radical (unpaired) electrons. The first-order valence-corrected chi connectivity index (χ1v) is 14.4. The number of anilines is 1. The van der Waals surface area contributed by atoms with Crippen LogP contribution in [0.4, 0.5) is 5.69 Å². The number of aromatic carboxylic acids is 1. The number of carboxylic acid groups (broad SMARTS) is 1. The minimum atomic E-state index is -1.06. The standard InChI is InChI=1S/C30H33ClN2O8S/c1-17(34)40-16-30(2,3)15-33-21-10-9-18(31)13-20(21)26(19-7-6-8-22(38-4)27(19)39-5)41-23(28(33)35)11-12-25-32-14-24(42-25)29(36)37/h6-10,13-14,23,26H,11-12,15-16H2,1-5H3,(H,36,37). The quantitative estimate of drug-likeness (QED) is 0.276. The van der Waals surface area contributed by atoms with Crippen molar-refractivity contribution in [1.29, 1.82) is 0 Å². The average Bonchev–Trinajstić information content (AvgIpc) is 3.40. The van der Waals surface area contributed by atoms with E-state index in [4.69, 9.17) is 30.5 Å². The highest BCUT2D eigenvalue weighted by Gasteiger charge is 2.40. The first kappa shape index (κ1) is 31.3. The second kappa shape index (κ2) is 13.1. The lowest BCUT2D eigenvalue weighted by atomic mass is 9.92. The third-order valence-electron chi connectivity index (χ3n) is 6.76. The molecule has 1 amide bonds. The van der Waals surface area contributed by atoms with Gasteiger partial charge < -0.3 is 29.0 Å². The van der Waals surface area contributed by atoms with Crippen LogP contribution in [-0.2, 0) is 25.5 Å². The Morgan fingerprint density at radius 3 is 2.57 bits per heavy atom. The Hall–Kier alpha value is -3.67. The number of aryl methyl sites for hydroxylation is 1. The van der Waals surface area contributed by atoms with Crippen molar-refractivity contribution in [2.24, 2.45) is 5.41 Å². The van der Waals surface area contributed by atoms with Crippen LogP contribution in [0.25, 0.3) is 0 Å². The zero-order valence-corrected chi connectivity index (χ0v) is 25.6. The maximum Gasteiger partial charge on any atom is 0.347 e. The number of fused-ring (bicyclic) bond motifs is 1. The van der Waals surface area contributed by atoms with Gasteiger partial charge in [0.2, 0.25) is 0 Å². The lowest BCUT2D eigenvalue weighted by Gasteiger charge is -2.33. The summed E-state index contributed by atoms with van der Waals surface area (Å²) < 4.78 is 23.2. The van der Waals surface area contributed by atoms with Gasteiger partial charge in [0.25, 0.3) is 5.91 Å². The average molecular weight is 617 g/mol. The molecule has 2 atom stereocenters. The normalized spacial score (nSPS) is 16.9. The van der Waals surface area contributed by atoms with Crippen LogP contribution >= 0.6 is 22.9 Å². The number of carbonyl (C=O) groups is 3. The Morgan fingerprint density at radius 1 is 1.17 bits per heavy atom. The Bertz CT molecular complexity index is 1470. The molecule has 0 bridgehead atoms. The predicted molar refractivity (Wildman–Crippen MR) is 158 cm³/mol. The predicted octanol–water partition coefficient (Wildman–Crippen LogP) is 5.56. The molecule has 0 aliphatic carbocycles. The number of para-hydroxylation sites is 1. The van der Waals surface area contributed by atoms with Gasteiger partial charge >= 0.3 is 11.9 Å². The van der Waals surface area contributed by atoms with Gasteiger partial charge in [0.1, 0.15) is 17.1 Å². The Morgan fingerprint density at radius 2 is 1.93 bits per heavy atom. The molecule has 0 saturated heterocycles. The number of aromatic nitrogens is 1. The van der Waals surface area contributed by atoms with E-state index in [9.17, 15) is 19.5 Å². The van der Waals surface area contributed by atoms with Crippen LogP contribution in [0, 0.1) is 5.41 Å². The first-order valence-electron chi connectivity index (χ1n) is 13.2. The molecule has 0 spiro atoms. The lowest BCUT2D eigenvalue weighted by Crippen LogP contribution is -2.45. The highest BCUT2D eigenvalue weighted by Crippen LogP contribution is 2.45. The molecular weight excluding hydrogens is 584 g/mol. The molecule has 1 N–H and O–H groups in total. The summed E-state index contributed by atoms with van der Waals surface area (Å²) in [7, 11) is 3.07. The van der Waals surface area contributed by atoms with Crippen LogP contribution in [-0.4, -0.2) is 61.4 Å². The van der Waals surface area contributed by atoms with Crippen LogP contribution in [0.1, 0.15) is 59.1 Å². The van der Waals surface area contributed by atoms with Crippen molar-refractivity contribution in [3.63, 3.8) is 0 Å². The molecule has 2 unspecified atom stereocenters. The number of carbonyl (C=O) groups excluding carboxylic acids is 2. The molecule has 1 aliphatic rings. The molecule has 1 aromatic heterocycles. The third-order valence-corrected chi connectivity index (χ3v) is 8.04. The molecule has 10 nitrogen and oxygen atoms in total. The topological polar surface area (TPSA) is 124 Å². The fraction of sp³-hybridized carbons (Fsp3) is 0.400. The third kappa shape index (κ3) is 7.03. The number of hydrogen-bond acceptors (Lipinski definition) is 9. The van der Waals surface area contributed by atoms with E-state index in [1.54, 1.807) is 36.3 Å². The van der Waals surface area contributed by atoms with Crippen molar-refractivity contribution in [3.8, 4) is 11.5 Å². The number of nitrogens with zero attached hydrogens (tertiary/aromatic N) is 2. The van der Waals surface area contributed by atoms with Gasteiger partial charge in [0.05, 0.1) is 32.0 Å². The van der Waals surface area contributed by atoms with Crippen molar-refractivity contribution in [2.75, 3.05) is 32.3 Å². The largest absolute Gasteiger partial charge is 0.493 e. The van der Waals surface area contributed by atoms with E-state index in [2.05, 4.69) is 4.98 Å². The van der Waals surface area contributed by atoms with E-state index in [0.29, 0.717) is 44.8 Å². The van der Waals surface area contributed by atoms with E-state index in [0.717, 1.165) is 11.3 Å². The van der Waals surface area contributed by atoms with Crippen molar-refractivity contribution in [3.05, 3.63) is 68.6 Å². The highest BCUT2D eigenvalue weighted by atomic mass is 35.5. The Labute approximate surface area is 253 Å². The number of ether oxygens (including phenoxy) is 4. The van der Waals surface area contributed by atoms with Gasteiger partial charge in [-0.05, 0) is 30.7 Å².